The summed E-state index contributed by atoms with van der Waals surface area (Å²) >= 11 is 1.20. The van der Waals surface area contributed by atoms with E-state index >= 15 is 0 Å². The van der Waals surface area contributed by atoms with E-state index in [1.165, 1.54) is 11.5 Å². The van der Waals surface area contributed by atoms with Crippen molar-refractivity contribution in [1.82, 2.24) is 9.36 Å². The van der Waals surface area contributed by atoms with Crippen LogP contribution in [0.4, 0.5) is 0 Å². The van der Waals surface area contributed by atoms with Gasteiger partial charge in [-0.25, -0.2) is 4.79 Å². The Balaban J connectivity index is 2.19. The molecule has 0 aliphatic heterocycles. The number of rotatable bonds is 2. The molecule has 0 bridgehead atoms. The van der Waals surface area contributed by atoms with Crippen LogP contribution in [0.5, 0.6) is 0 Å². The predicted octanol–water partition coefficient (Wildman–Crippen LogP) is 2.99. The lowest BCUT2D eigenvalue weighted by Gasteiger charge is -1.98. The van der Waals surface area contributed by atoms with Gasteiger partial charge in [-0.15, -0.1) is 0 Å². The minimum atomic E-state index is -0.994. The number of hydrogen-bond acceptors (Lipinski definition) is 3. The molecule has 0 spiro atoms. The number of H-pyrrole nitrogens is 1. The van der Waals surface area contributed by atoms with Crippen LogP contribution in [0.2, 0.25) is 0 Å². The van der Waals surface area contributed by atoms with Crippen LogP contribution in [-0.4, -0.2) is 20.4 Å². The number of nitrogens with one attached hydrogen (secondary N) is 1. The quantitative estimate of drug-likeness (QED) is 0.728. The molecule has 0 unspecified atom stereocenters. The predicted molar refractivity (Wildman–Crippen MR) is 66.4 cm³/mol. The Labute approximate surface area is 101 Å². The Morgan fingerprint density at radius 3 is 3.00 bits per heavy atom. The maximum absolute atomic E-state index is 10.8. The van der Waals surface area contributed by atoms with Crippen molar-refractivity contribution >= 4 is 28.4 Å². The molecule has 3 aromatic rings. The molecule has 4 nitrogen and oxygen atoms in total. The molecular weight excluding hydrogens is 236 g/mol. The fraction of sp³-hybridized carbons (Fsp3) is 0. The average molecular weight is 244 g/mol. The summed E-state index contributed by atoms with van der Waals surface area (Å²) in [4.78, 5) is 14.8. The summed E-state index contributed by atoms with van der Waals surface area (Å²) in [6.45, 7) is 0. The molecule has 0 saturated carbocycles. The molecule has 0 aliphatic carbocycles. The number of benzene rings is 1. The lowest BCUT2D eigenvalue weighted by molar-refractivity contribution is 0.0692. The number of para-hydroxylation sites is 1. The van der Waals surface area contributed by atoms with Crippen molar-refractivity contribution in [2.45, 2.75) is 0 Å². The van der Waals surface area contributed by atoms with E-state index in [1.54, 1.807) is 6.07 Å². The maximum Gasteiger partial charge on any atom is 0.355 e. The molecule has 2 N–H and O–H groups in total. The third-order valence-electron chi connectivity index (χ3n) is 2.58. The minimum Gasteiger partial charge on any atom is -0.476 e. The Hall–Kier alpha value is -2.14. The second-order valence-electron chi connectivity index (χ2n) is 3.63. The first-order valence-corrected chi connectivity index (χ1v) is 5.79. The molecule has 0 saturated heterocycles. The zero-order valence-electron chi connectivity index (χ0n) is 8.68. The van der Waals surface area contributed by atoms with Crippen molar-refractivity contribution in [3.63, 3.8) is 0 Å². The molecule has 0 amide bonds. The van der Waals surface area contributed by atoms with Gasteiger partial charge in [0.1, 0.15) is 0 Å². The molecule has 2 aromatic heterocycles. The number of carboxylic acids is 1. The van der Waals surface area contributed by atoms with E-state index in [9.17, 15) is 4.79 Å². The highest BCUT2D eigenvalue weighted by atomic mass is 32.1. The number of hydrogen-bond donors (Lipinski definition) is 2. The summed E-state index contributed by atoms with van der Waals surface area (Å²) in [6, 6.07) is 9.50. The van der Waals surface area contributed by atoms with Gasteiger partial charge < -0.3 is 10.1 Å². The number of fused-ring (bicyclic) bond motifs is 1. The third kappa shape index (κ3) is 1.60. The summed E-state index contributed by atoms with van der Waals surface area (Å²) in [5.74, 6) is -0.994. The van der Waals surface area contributed by atoms with Gasteiger partial charge in [-0.3, -0.25) is 0 Å². The molecular formula is C12H8N2O2S. The first-order chi connectivity index (χ1) is 8.25. The zero-order valence-corrected chi connectivity index (χ0v) is 9.49. The van der Waals surface area contributed by atoms with Gasteiger partial charge in [-0.2, -0.15) is 4.37 Å². The van der Waals surface area contributed by atoms with E-state index in [1.807, 2.05) is 30.5 Å². The van der Waals surface area contributed by atoms with Gasteiger partial charge in [0.2, 0.25) is 0 Å². The Morgan fingerprint density at radius 1 is 1.35 bits per heavy atom. The second kappa shape index (κ2) is 3.71. The van der Waals surface area contributed by atoms with E-state index in [-0.39, 0.29) is 5.69 Å². The van der Waals surface area contributed by atoms with Gasteiger partial charge in [0.15, 0.2) is 5.69 Å². The average Bonchev–Trinajstić information content (AvgIpc) is 2.97. The lowest BCUT2D eigenvalue weighted by atomic mass is 10.1. The van der Waals surface area contributed by atoms with Gasteiger partial charge >= 0.3 is 5.97 Å². The molecule has 1 aromatic carbocycles. The molecule has 84 valence electrons. The third-order valence-corrected chi connectivity index (χ3v) is 3.40. The Bertz CT molecular complexity index is 699. The van der Waals surface area contributed by atoms with E-state index in [0.29, 0.717) is 0 Å². The van der Waals surface area contributed by atoms with Gasteiger partial charge in [0.05, 0.1) is 10.4 Å². The van der Waals surface area contributed by atoms with Crippen molar-refractivity contribution < 1.29 is 9.90 Å². The SMILES string of the molecule is O=C(O)c1cc(-c2cccc3cc[nH]c23)sn1. The first kappa shape index (κ1) is 10.0. The largest absolute Gasteiger partial charge is 0.476 e. The summed E-state index contributed by atoms with van der Waals surface area (Å²) in [5.41, 5.74) is 2.08. The molecule has 0 aliphatic rings. The number of nitrogens with zero attached hydrogens (tertiary/aromatic N) is 1. The van der Waals surface area contributed by atoms with E-state index < -0.39 is 5.97 Å². The van der Waals surface area contributed by atoms with Crippen LogP contribution in [-0.2, 0) is 0 Å². The highest BCUT2D eigenvalue weighted by molar-refractivity contribution is 7.09. The van der Waals surface area contributed by atoms with Crippen LogP contribution in [0.3, 0.4) is 0 Å². The molecule has 0 atom stereocenters. The van der Waals surface area contributed by atoms with Crippen molar-refractivity contribution in [3.05, 3.63) is 42.2 Å². The standard InChI is InChI=1S/C12H8N2O2S/c15-12(16)9-6-10(17-14-9)8-3-1-2-7-4-5-13-11(7)8/h1-6,13H,(H,15,16). The summed E-state index contributed by atoms with van der Waals surface area (Å²) in [7, 11) is 0. The van der Waals surface area contributed by atoms with E-state index in [0.717, 1.165) is 21.3 Å². The molecule has 0 radical (unpaired) electrons. The van der Waals surface area contributed by atoms with Crippen LogP contribution >= 0.6 is 11.5 Å². The molecule has 5 heteroatoms. The van der Waals surface area contributed by atoms with Crippen molar-refractivity contribution in [3.8, 4) is 10.4 Å². The summed E-state index contributed by atoms with van der Waals surface area (Å²) in [5, 5.41) is 9.96. The normalized spacial score (nSPS) is 10.8. The molecule has 17 heavy (non-hydrogen) atoms. The minimum absolute atomic E-state index is 0.0913. The number of carbonyl (C=O) groups is 1. The number of aromatic nitrogens is 2. The van der Waals surface area contributed by atoms with E-state index in [2.05, 4.69) is 9.36 Å². The van der Waals surface area contributed by atoms with Crippen LogP contribution in [0.25, 0.3) is 21.3 Å². The molecule has 2 heterocycles. The maximum atomic E-state index is 10.8. The molecule has 0 fully saturated rings. The van der Waals surface area contributed by atoms with E-state index in [4.69, 9.17) is 5.11 Å². The topological polar surface area (TPSA) is 66.0 Å². The number of carboxylic acid groups (broad SMARTS) is 1. The highest BCUT2D eigenvalue weighted by Gasteiger charge is 2.12. The lowest BCUT2D eigenvalue weighted by Crippen LogP contribution is -1.94. The van der Waals surface area contributed by atoms with Crippen molar-refractivity contribution in [1.29, 1.82) is 0 Å². The monoisotopic (exact) mass is 244 g/mol. The highest BCUT2D eigenvalue weighted by Crippen LogP contribution is 2.30. The van der Waals surface area contributed by atoms with Gasteiger partial charge in [0.25, 0.3) is 0 Å². The van der Waals surface area contributed by atoms with Gasteiger partial charge in [0, 0.05) is 17.1 Å². The van der Waals surface area contributed by atoms with Crippen LogP contribution in [0, 0.1) is 0 Å². The Morgan fingerprint density at radius 2 is 2.24 bits per heavy atom. The first-order valence-electron chi connectivity index (χ1n) is 5.02. The zero-order chi connectivity index (χ0) is 11.8. The fourth-order valence-corrected chi connectivity index (χ4v) is 2.55. The smallest absolute Gasteiger partial charge is 0.355 e. The Kier molecular flexibility index (Phi) is 2.19. The summed E-state index contributed by atoms with van der Waals surface area (Å²) < 4.78 is 3.91. The van der Waals surface area contributed by atoms with Crippen LogP contribution in [0.1, 0.15) is 10.5 Å². The van der Waals surface area contributed by atoms with Crippen LogP contribution < -0.4 is 0 Å². The number of aromatic amines is 1. The number of aromatic carboxylic acids is 1. The summed E-state index contributed by atoms with van der Waals surface area (Å²) in [6.07, 6.45) is 1.87. The van der Waals surface area contributed by atoms with Crippen molar-refractivity contribution in [2.24, 2.45) is 0 Å². The molecule has 3 rings (SSSR count). The fourth-order valence-electron chi connectivity index (χ4n) is 1.79. The second-order valence-corrected chi connectivity index (χ2v) is 4.43. The van der Waals surface area contributed by atoms with Gasteiger partial charge in [-0.05, 0) is 23.7 Å². The van der Waals surface area contributed by atoms with Crippen molar-refractivity contribution in [2.75, 3.05) is 0 Å². The van der Waals surface area contributed by atoms with Gasteiger partial charge in [-0.1, -0.05) is 18.2 Å². The van der Waals surface area contributed by atoms with Crippen LogP contribution in [0.15, 0.2) is 36.5 Å².